The predicted octanol–water partition coefficient (Wildman–Crippen LogP) is 7.13. The summed E-state index contributed by atoms with van der Waals surface area (Å²) in [7, 11) is 0. The zero-order chi connectivity index (χ0) is 22.0. The molecule has 4 bridgehead atoms. The van der Waals surface area contributed by atoms with Crippen LogP contribution in [0.4, 0.5) is 0 Å². The molecule has 6 aliphatic carbocycles. The smallest absolute Gasteiger partial charge is 0.210 e. The van der Waals surface area contributed by atoms with Crippen LogP contribution in [0.5, 0.6) is 5.75 Å². The van der Waals surface area contributed by atoms with Crippen molar-refractivity contribution in [3.63, 3.8) is 0 Å². The first kappa shape index (κ1) is 21.2. The van der Waals surface area contributed by atoms with E-state index in [2.05, 4.69) is 31.2 Å². The molecule has 1 aliphatic heterocycles. The first-order valence-electron chi connectivity index (χ1n) is 13.9. The zero-order valence-electron chi connectivity index (χ0n) is 20.2. The van der Waals surface area contributed by atoms with Crippen molar-refractivity contribution in [3.05, 3.63) is 29.8 Å². The molecule has 8 rings (SSSR count). The number of ether oxygens (including phenoxy) is 2. The summed E-state index contributed by atoms with van der Waals surface area (Å²) in [6, 6.07) is 8.95. The number of rotatable bonds is 3. The third-order valence-electron chi connectivity index (χ3n) is 10.3. The Balaban J connectivity index is 0.970. The lowest BCUT2D eigenvalue weighted by Crippen LogP contribution is -2.59. The molecule has 1 saturated heterocycles. The molecule has 4 heteroatoms. The van der Waals surface area contributed by atoms with Gasteiger partial charge in [0.15, 0.2) is 0 Å². The lowest BCUT2D eigenvalue weighted by molar-refractivity contribution is -0.390. The van der Waals surface area contributed by atoms with Gasteiger partial charge in [0.1, 0.15) is 5.75 Å². The highest BCUT2D eigenvalue weighted by atomic mass is 17.3. The van der Waals surface area contributed by atoms with Gasteiger partial charge in [0.2, 0.25) is 11.6 Å². The molecule has 1 aromatic rings. The van der Waals surface area contributed by atoms with Crippen molar-refractivity contribution < 1.29 is 19.2 Å². The summed E-state index contributed by atoms with van der Waals surface area (Å²) < 4.78 is 13.2. The molecule has 2 spiro atoms. The van der Waals surface area contributed by atoms with Crippen LogP contribution in [-0.2, 0) is 14.5 Å². The zero-order valence-corrected chi connectivity index (χ0v) is 20.2. The fourth-order valence-electron chi connectivity index (χ4n) is 8.54. The van der Waals surface area contributed by atoms with Crippen LogP contribution in [0, 0.1) is 29.6 Å². The second-order valence-corrected chi connectivity index (χ2v) is 12.5. The molecule has 0 radical (unpaired) electrons. The summed E-state index contributed by atoms with van der Waals surface area (Å²) in [6.45, 7) is 2.36. The lowest BCUT2D eigenvalue weighted by atomic mass is 9.53. The van der Waals surface area contributed by atoms with E-state index in [1.165, 1.54) is 63.4 Å². The minimum atomic E-state index is -0.507. The van der Waals surface area contributed by atoms with Gasteiger partial charge >= 0.3 is 0 Å². The maximum absolute atomic E-state index is 6.89. The van der Waals surface area contributed by atoms with Gasteiger partial charge in [-0.15, -0.1) is 0 Å². The fourth-order valence-corrected chi connectivity index (χ4v) is 8.54. The third-order valence-corrected chi connectivity index (χ3v) is 10.3. The molecule has 6 saturated carbocycles. The van der Waals surface area contributed by atoms with Crippen LogP contribution >= 0.6 is 0 Å². The molecule has 0 atom stereocenters. The highest BCUT2D eigenvalue weighted by Gasteiger charge is 2.66. The van der Waals surface area contributed by atoms with Gasteiger partial charge in [-0.1, -0.05) is 19.1 Å². The van der Waals surface area contributed by atoms with Crippen molar-refractivity contribution in [3.8, 4) is 5.75 Å². The van der Waals surface area contributed by atoms with Gasteiger partial charge in [-0.05, 0) is 112 Å². The SMILES string of the molecule is CC1CCC(Oc2ccc([C@H]3CC[C@]4(CC3)OO[C@]3(O4)C4CC5CC(C4)CC3C5)cc2)CC1. The van der Waals surface area contributed by atoms with E-state index in [0.29, 0.717) is 23.9 Å². The number of benzene rings is 1. The molecule has 0 aromatic heterocycles. The summed E-state index contributed by atoms with van der Waals surface area (Å²) in [5, 5.41) is 0. The summed E-state index contributed by atoms with van der Waals surface area (Å²) in [5.41, 5.74) is 1.43. The van der Waals surface area contributed by atoms with E-state index in [4.69, 9.17) is 19.2 Å². The van der Waals surface area contributed by atoms with Crippen molar-refractivity contribution in [2.45, 2.75) is 114 Å². The van der Waals surface area contributed by atoms with Crippen LogP contribution in [0.25, 0.3) is 0 Å². The second-order valence-electron chi connectivity index (χ2n) is 12.5. The Morgan fingerprint density at radius 1 is 0.758 bits per heavy atom. The fraction of sp³-hybridized carbons (Fsp3) is 0.793. The van der Waals surface area contributed by atoms with Crippen LogP contribution in [0.15, 0.2) is 24.3 Å². The van der Waals surface area contributed by atoms with Crippen LogP contribution in [0.3, 0.4) is 0 Å². The highest BCUT2D eigenvalue weighted by molar-refractivity contribution is 5.30. The maximum Gasteiger partial charge on any atom is 0.210 e. The summed E-state index contributed by atoms with van der Waals surface area (Å²) in [5.74, 6) is 4.43. The molecule has 7 aliphatic rings. The molecule has 1 aromatic carbocycles. The number of hydrogen-bond donors (Lipinski definition) is 0. The average molecular weight is 453 g/mol. The van der Waals surface area contributed by atoms with Crippen LogP contribution in [0.2, 0.25) is 0 Å². The van der Waals surface area contributed by atoms with Gasteiger partial charge in [-0.25, -0.2) is 0 Å². The van der Waals surface area contributed by atoms with Crippen LogP contribution in [-0.4, -0.2) is 17.7 Å². The Hall–Kier alpha value is -1.10. The monoisotopic (exact) mass is 452 g/mol. The van der Waals surface area contributed by atoms with Crippen LogP contribution in [0.1, 0.15) is 102 Å². The molecule has 0 N–H and O–H groups in total. The van der Waals surface area contributed by atoms with E-state index >= 15 is 0 Å². The lowest BCUT2D eigenvalue weighted by Gasteiger charge is -2.57. The van der Waals surface area contributed by atoms with Gasteiger partial charge in [-0.3, -0.25) is 0 Å². The van der Waals surface area contributed by atoms with E-state index < -0.39 is 11.6 Å². The van der Waals surface area contributed by atoms with E-state index in [9.17, 15) is 0 Å². The van der Waals surface area contributed by atoms with Gasteiger partial charge in [0.05, 0.1) is 6.10 Å². The van der Waals surface area contributed by atoms with E-state index in [1.54, 1.807) is 0 Å². The molecular weight excluding hydrogens is 412 g/mol. The van der Waals surface area contributed by atoms with Gasteiger partial charge in [0, 0.05) is 24.7 Å². The summed E-state index contributed by atoms with van der Waals surface area (Å²) >= 11 is 0. The molecule has 0 unspecified atom stereocenters. The van der Waals surface area contributed by atoms with E-state index in [1.807, 2.05) is 0 Å². The molecule has 180 valence electrons. The Morgan fingerprint density at radius 3 is 2.03 bits per heavy atom. The quantitative estimate of drug-likeness (QED) is 0.457. The largest absolute Gasteiger partial charge is 0.490 e. The molecule has 4 nitrogen and oxygen atoms in total. The van der Waals surface area contributed by atoms with Crippen molar-refractivity contribution in [2.75, 3.05) is 0 Å². The van der Waals surface area contributed by atoms with Crippen molar-refractivity contribution in [1.29, 1.82) is 0 Å². The van der Waals surface area contributed by atoms with E-state index in [-0.39, 0.29) is 0 Å². The number of hydrogen-bond acceptors (Lipinski definition) is 4. The summed E-state index contributed by atoms with van der Waals surface area (Å²) in [4.78, 5) is 12.3. The van der Waals surface area contributed by atoms with Crippen LogP contribution < -0.4 is 4.74 Å². The first-order chi connectivity index (χ1) is 16.1. The Morgan fingerprint density at radius 2 is 1.39 bits per heavy atom. The topological polar surface area (TPSA) is 36.9 Å². The molecular formula is C29H40O4. The Labute approximate surface area is 198 Å². The molecule has 1 heterocycles. The highest BCUT2D eigenvalue weighted by Crippen LogP contribution is 2.64. The summed E-state index contributed by atoms with van der Waals surface area (Å²) in [6.07, 6.45) is 16.0. The normalized spacial score (nSPS) is 48.6. The standard InChI is InChI=1S/C29H40O4/c1-19-2-6-26(7-3-19)30-27-8-4-22(5-9-27)23-10-12-28(13-11-23)31-29(33-32-28)24-15-20-14-21(17-24)18-25(29)16-20/h4-5,8-9,19-21,23-26H,2-3,6-7,10-18H2,1H3/t19?,20?,21?,23-,24?,25?,26?,28+,29-. The first-order valence-corrected chi connectivity index (χ1v) is 13.9. The Bertz CT molecular complexity index is 819. The molecule has 7 fully saturated rings. The maximum atomic E-state index is 6.89. The van der Waals surface area contributed by atoms with Gasteiger partial charge < -0.3 is 9.47 Å². The third kappa shape index (κ3) is 3.67. The second kappa shape index (κ2) is 7.96. The minimum absolute atomic E-state index is 0.399. The van der Waals surface area contributed by atoms with Crippen molar-refractivity contribution in [2.24, 2.45) is 29.6 Å². The minimum Gasteiger partial charge on any atom is -0.490 e. The van der Waals surface area contributed by atoms with Crippen molar-refractivity contribution in [1.82, 2.24) is 0 Å². The predicted molar refractivity (Wildman–Crippen MR) is 125 cm³/mol. The van der Waals surface area contributed by atoms with E-state index in [0.717, 1.165) is 49.2 Å². The van der Waals surface area contributed by atoms with Gasteiger partial charge in [-0.2, -0.15) is 9.78 Å². The molecule has 0 amide bonds. The average Bonchev–Trinajstić information content (AvgIpc) is 3.20. The Kier molecular flexibility index (Phi) is 5.12. The van der Waals surface area contributed by atoms with Crippen molar-refractivity contribution >= 4 is 0 Å². The molecule has 33 heavy (non-hydrogen) atoms. The van der Waals surface area contributed by atoms with Gasteiger partial charge in [0.25, 0.3) is 0 Å².